The second kappa shape index (κ2) is 7.27. The maximum absolute atomic E-state index is 12.8. The summed E-state index contributed by atoms with van der Waals surface area (Å²) in [6.07, 6.45) is 0. The third-order valence-corrected chi connectivity index (χ3v) is 5.03. The largest absolute Gasteiger partial charge is 0.358 e. The van der Waals surface area contributed by atoms with Gasteiger partial charge in [0.25, 0.3) is 5.91 Å². The highest BCUT2D eigenvalue weighted by Crippen LogP contribution is 2.23. The molecule has 2 amide bonds. The summed E-state index contributed by atoms with van der Waals surface area (Å²) in [5.41, 5.74) is 6.63. The summed E-state index contributed by atoms with van der Waals surface area (Å²) in [5, 5.41) is 3.95. The van der Waals surface area contributed by atoms with Crippen LogP contribution >= 0.6 is 0 Å². The fraction of sp³-hybridized carbons (Fsp3) is 0.273. The first-order valence-corrected chi connectivity index (χ1v) is 8.98. The SMILES string of the molecule is Cc1cccc(C)c1NC(=O)CN(C)C(=O)c1ccc2[nH]c(C)c(C)c2c1. The molecule has 1 aromatic heterocycles. The Bertz CT molecular complexity index is 1010. The van der Waals surface area contributed by atoms with Crippen LogP contribution in [0.5, 0.6) is 0 Å². The fourth-order valence-corrected chi connectivity index (χ4v) is 3.29. The second-order valence-electron chi connectivity index (χ2n) is 7.11. The molecule has 0 fully saturated rings. The number of aromatic nitrogens is 1. The van der Waals surface area contributed by atoms with Crippen molar-refractivity contribution in [2.24, 2.45) is 0 Å². The number of para-hydroxylation sites is 1. The van der Waals surface area contributed by atoms with E-state index in [-0.39, 0.29) is 18.4 Å². The zero-order chi connectivity index (χ0) is 19.7. The number of rotatable bonds is 4. The molecular formula is C22H25N3O2. The zero-order valence-corrected chi connectivity index (χ0v) is 16.4. The molecule has 3 aromatic rings. The van der Waals surface area contributed by atoms with E-state index in [1.165, 1.54) is 4.90 Å². The molecule has 2 aromatic carbocycles. The molecule has 0 saturated heterocycles. The van der Waals surface area contributed by atoms with Crippen LogP contribution in [0.4, 0.5) is 5.69 Å². The van der Waals surface area contributed by atoms with Gasteiger partial charge in [-0.3, -0.25) is 9.59 Å². The lowest BCUT2D eigenvalue weighted by Crippen LogP contribution is -2.35. The van der Waals surface area contributed by atoms with Crippen LogP contribution in [0.1, 0.15) is 32.7 Å². The Hall–Kier alpha value is -3.08. The predicted octanol–water partition coefficient (Wildman–Crippen LogP) is 4.11. The lowest BCUT2D eigenvalue weighted by molar-refractivity contribution is -0.116. The summed E-state index contributed by atoms with van der Waals surface area (Å²) in [7, 11) is 1.64. The topological polar surface area (TPSA) is 65.2 Å². The van der Waals surface area contributed by atoms with Gasteiger partial charge in [-0.1, -0.05) is 18.2 Å². The highest BCUT2D eigenvalue weighted by molar-refractivity contribution is 6.02. The predicted molar refractivity (Wildman–Crippen MR) is 109 cm³/mol. The zero-order valence-electron chi connectivity index (χ0n) is 16.4. The number of carbonyl (C=O) groups is 2. The van der Waals surface area contributed by atoms with Crippen LogP contribution in [-0.2, 0) is 4.79 Å². The second-order valence-corrected chi connectivity index (χ2v) is 7.11. The van der Waals surface area contributed by atoms with Gasteiger partial charge in [-0.15, -0.1) is 0 Å². The number of H-pyrrole nitrogens is 1. The number of anilines is 1. The number of nitrogens with one attached hydrogen (secondary N) is 2. The van der Waals surface area contributed by atoms with Gasteiger partial charge in [-0.2, -0.15) is 0 Å². The number of amides is 2. The van der Waals surface area contributed by atoms with E-state index in [1.54, 1.807) is 13.1 Å². The number of nitrogens with zero attached hydrogens (tertiary/aromatic N) is 1. The third-order valence-electron chi connectivity index (χ3n) is 5.03. The molecule has 1 heterocycles. The molecule has 0 aliphatic heterocycles. The van der Waals surface area contributed by atoms with Crippen molar-refractivity contribution in [2.75, 3.05) is 18.9 Å². The Morgan fingerprint density at radius 2 is 1.70 bits per heavy atom. The van der Waals surface area contributed by atoms with Crippen LogP contribution in [0.3, 0.4) is 0 Å². The summed E-state index contributed by atoms with van der Waals surface area (Å²) in [6.45, 7) is 7.95. The first-order chi connectivity index (χ1) is 12.8. The van der Waals surface area contributed by atoms with Crippen molar-refractivity contribution in [3.8, 4) is 0 Å². The van der Waals surface area contributed by atoms with E-state index in [0.717, 1.165) is 39.0 Å². The Balaban J connectivity index is 1.74. The van der Waals surface area contributed by atoms with Crippen molar-refractivity contribution >= 4 is 28.4 Å². The van der Waals surface area contributed by atoms with Gasteiger partial charge in [0.1, 0.15) is 0 Å². The lowest BCUT2D eigenvalue weighted by atomic mass is 10.1. The maximum atomic E-state index is 12.8. The van der Waals surface area contributed by atoms with Gasteiger partial charge < -0.3 is 15.2 Å². The molecule has 0 saturated carbocycles. The molecule has 0 unspecified atom stereocenters. The Labute approximate surface area is 159 Å². The number of aromatic amines is 1. The summed E-state index contributed by atoms with van der Waals surface area (Å²) >= 11 is 0. The van der Waals surface area contributed by atoms with Crippen molar-refractivity contribution in [1.29, 1.82) is 0 Å². The molecule has 3 rings (SSSR count). The maximum Gasteiger partial charge on any atom is 0.254 e. The highest BCUT2D eigenvalue weighted by Gasteiger charge is 2.17. The molecule has 0 atom stereocenters. The molecule has 27 heavy (non-hydrogen) atoms. The summed E-state index contributed by atoms with van der Waals surface area (Å²) in [6, 6.07) is 11.4. The molecule has 5 nitrogen and oxygen atoms in total. The molecule has 0 aliphatic carbocycles. The molecule has 0 radical (unpaired) electrons. The summed E-state index contributed by atoms with van der Waals surface area (Å²) in [5.74, 6) is -0.384. The van der Waals surface area contributed by atoms with Gasteiger partial charge >= 0.3 is 0 Å². The van der Waals surface area contributed by atoms with Gasteiger partial charge in [0.2, 0.25) is 5.91 Å². The van der Waals surface area contributed by atoms with Gasteiger partial charge in [-0.05, 0) is 62.6 Å². The summed E-state index contributed by atoms with van der Waals surface area (Å²) < 4.78 is 0. The van der Waals surface area contributed by atoms with Crippen molar-refractivity contribution in [3.63, 3.8) is 0 Å². The Kier molecular flexibility index (Phi) is 5.04. The number of hydrogen-bond donors (Lipinski definition) is 2. The van der Waals surface area contributed by atoms with Crippen molar-refractivity contribution in [3.05, 3.63) is 64.3 Å². The van der Waals surface area contributed by atoms with Gasteiger partial charge in [0.15, 0.2) is 0 Å². The third kappa shape index (κ3) is 3.72. The lowest BCUT2D eigenvalue weighted by Gasteiger charge is -2.18. The van der Waals surface area contributed by atoms with E-state index in [4.69, 9.17) is 0 Å². The van der Waals surface area contributed by atoms with Gasteiger partial charge in [0, 0.05) is 34.9 Å². The number of hydrogen-bond acceptors (Lipinski definition) is 2. The van der Waals surface area contributed by atoms with Crippen molar-refractivity contribution < 1.29 is 9.59 Å². The van der Waals surface area contributed by atoms with E-state index < -0.39 is 0 Å². The van der Waals surface area contributed by atoms with Gasteiger partial charge in [0.05, 0.1) is 6.54 Å². The Morgan fingerprint density at radius 3 is 2.37 bits per heavy atom. The van der Waals surface area contributed by atoms with Crippen LogP contribution in [0.25, 0.3) is 10.9 Å². The molecular weight excluding hydrogens is 338 g/mol. The van der Waals surface area contributed by atoms with Crippen LogP contribution in [0.15, 0.2) is 36.4 Å². The van der Waals surface area contributed by atoms with Crippen molar-refractivity contribution in [2.45, 2.75) is 27.7 Å². The number of likely N-dealkylation sites (N-methyl/N-ethyl adjacent to an activating group) is 1. The van der Waals surface area contributed by atoms with Crippen LogP contribution < -0.4 is 5.32 Å². The van der Waals surface area contributed by atoms with E-state index in [0.29, 0.717) is 5.56 Å². The van der Waals surface area contributed by atoms with Crippen LogP contribution in [0.2, 0.25) is 0 Å². The first-order valence-electron chi connectivity index (χ1n) is 8.98. The average molecular weight is 363 g/mol. The first kappa shape index (κ1) is 18.7. The Morgan fingerprint density at radius 1 is 1.04 bits per heavy atom. The smallest absolute Gasteiger partial charge is 0.254 e. The minimum atomic E-state index is -0.210. The van der Waals surface area contributed by atoms with E-state index >= 15 is 0 Å². The molecule has 0 spiro atoms. The number of benzene rings is 2. The molecule has 0 aliphatic rings. The number of carbonyl (C=O) groups excluding carboxylic acids is 2. The van der Waals surface area contributed by atoms with Gasteiger partial charge in [-0.25, -0.2) is 0 Å². The van der Waals surface area contributed by atoms with Crippen LogP contribution in [-0.4, -0.2) is 35.3 Å². The normalized spacial score (nSPS) is 10.9. The summed E-state index contributed by atoms with van der Waals surface area (Å²) in [4.78, 5) is 29.9. The monoisotopic (exact) mass is 363 g/mol. The quantitative estimate of drug-likeness (QED) is 0.732. The standard InChI is InChI=1S/C22H25N3O2/c1-13-7-6-8-14(2)21(13)24-20(26)12-25(5)22(27)17-9-10-19-18(11-17)15(3)16(4)23-19/h6-11,23H,12H2,1-5H3,(H,24,26). The van der Waals surface area contributed by atoms with Crippen molar-refractivity contribution in [1.82, 2.24) is 9.88 Å². The number of fused-ring (bicyclic) bond motifs is 1. The molecule has 5 heteroatoms. The highest BCUT2D eigenvalue weighted by atomic mass is 16.2. The van der Waals surface area contributed by atoms with E-state index in [2.05, 4.69) is 10.3 Å². The molecule has 2 N–H and O–H groups in total. The fourth-order valence-electron chi connectivity index (χ4n) is 3.29. The minimum Gasteiger partial charge on any atom is -0.358 e. The molecule has 140 valence electrons. The average Bonchev–Trinajstić information content (AvgIpc) is 2.91. The minimum absolute atomic E-state index is 0.00418. The molecule has 0 bridgehead atoms. The van der Waals surface area contributed by atoms with E-state index in [1.807, 2.05) is 58.0 Å². The van der Waals surface area contributed by atoms with Crippen LogP contribution in [0, 0.1) is 27.7 Å². The number of aryl methyl sites for hydroxylation is 4. The van der Waals surface area contributed by atoms with E-state index in [9.17, 15) is 9.59 Å².